The minimum atomic E-state index is -0.636. The molecule has 0 unspecified atom stereocenters. The molecule has 29 heavy (non-hydrogen) atoms. The second kappa shape index (κ2) is 7.40. The van der Waals surface area contributed by atoms with Gasteiger partial charge in [-0.25, -0.2) is 9.48 Å². The van der Waals surface area contributed by atoms with E-state index in [1.807, 2.05) is 0 Å². The lowest BCUT2D eigenvalue weighted by atomic mass is 10.3. The Labute approximate surface area is 169 Å². The van der Waals surface area contributed by atoms with Crippen molar-refractivity contribution in [3.8, 4) is 11.6 Å². The normalized spacial score (nSPS) is 11.0. The Kier molecular flexibility index (Phi) is 4.77. The van der Waals surface area contributed by atoms with Crippen molar-refractivity contribution in [1.82, 2.24) is 29.5 Å². The van der Waals surface area contributed by atoms with E-state index >= 15 is 0 Å². The van der Waals surface area contributed by atoms with Crippen LogP contribution >= 0.6 is 11.6 Å². The summed E-state index contributed by atoms with van der Waals surface area (Å²) in [6.45, 7) is 3.68. The fourth-order valence-corrected chi connectivity index (χ4v) is 2.93. The largest absolute Gasteiger partial charge is 0.450 e. The number of H-pyrrole nitrogens is 1. The number of nitrogens with zero attached hydrogens (tertiary/aromatic N) is 5. The van der Waals surface area contributed by atoms with Gasteiger partial charge in [-0.1, -0.05) is 11.6 Å². The number of aromatic nitrogens is 6. The molecule has 3 aromatic heterocycles. The van der Waals surface area contributed by atoms with Crippen molar-refractivity contribution >= 4 is 34.5 Å². The third-order valence-corrected chi connectivity index (χ3v) is 4.29. The van der Waals surface area contributed by atoms with Gasteiger partial charge in [-0.15, -0.1) is 0 Å². The van der Waals surface area contributed by atoms with E-state index in [1.165, 1.54) is 15.6 Å². The molecule has 1 amide bonds. The Bertz CT molecular complexity index is 1260. The topological polar surface area (TPSA) is 120 Å². The van der Waals surface area contributed by atoms with Gasteiger partial charge in [0.05, 0.1) is 24.2 Å². The molecule has 10 nitrogen and oxygen atoms in total. The zero-order valence-corrected chi connectivity index (χ0v) is 16.3. The van der Waals surface area contributed by atoms with Crippen molar-refractivity contribution in [3.05, 3.63) is 57.6 Å². The van der Waals surface area contributed by atoms with Crippen LogP contribution in [0.2, 0.25) is 5.02 Å². The number of fused-ring (bicyclic) bond motifs is 1. The van der Waals surface area contributed by atoms with E-state index < -0.39 is 6.09 Å². The van der Waals surface area contributed by atoms with Crippen LogP contribution < -0.4 is 10.9 Å². The lowest BCUT2D eigenvalue weighted by molar-refractivity contribution is 0.167. The maximum atomic E-state index is 12.6. The molecule has 2 N–H and O–H groups in total. The Balaban J connectivity index is 1.84. The van der Waals surface area contributed by atoms with Crippen LogP contribution in [0.15, 0.2) is 41.3 Å². The molecule has 0 aliphatic carbocycles. The number of rotatable bonds is 4. The lowest BCUT2D eigenvalue weighted by Gasteiger charge is -2.08. The zero-order chi connectivity index (χ0) is 20.5. The average molecular weight is 414 g/mol. The van der Waals surface area contributed by atoms with Crippen LogP contribution in [0.4, 0.5) is 10.6 Å². The van der Waals surface area contributed by atoms with Gasteiger partial charge in [0, 0.05) is 11.1 Å². The van der Waals surface area contributed by atoms with Crippen molar-refractivity contribution in [2.45, 2.75) is 13.8 Å². The van der Waals surface area contributed by atoms with Crippen molar-refractivity contribution in [2.75, 3.05) is 11.9 Å². The van der Waals surface area contributed by atoms with Crippen molar-refractivity contribution in [1.29, 1.82) is 0 Å². The van der Waals surface area contributed by atoms with E-state index in [2.05, 4.69) is 25.5 Å². The summed E-state index contributed by atoms with van der Waals surface area (Å²) in [5, 5.41) is 12.0. The Morgan fingerprint density at radius 2 is 2.03 bits per heavy atom. The van der Waals surface area contributed by atoms with E-state index in [0.717, 1.165) is 0 Å². The van der Waals surface area contributed by atoms with Crippen LogP contribution in [0.25, 0.3) is 22.7 Å². The lowest BCUT2D eigenvalue weighted by Crippen LogP contribution is -2.19. The zero-order valence-electron chi connectivity index (χ0n) is 15.5. The standard InChI is InChI=1S/C18H16ClN7O3/c1-3-29-18(28)21-14-8-10(2)24-26(14)17-22-15-13(16(27)23-17)9-20-25(15)12-6-4-11(19)5-7-12/h4-9H,3H2,1-2H3,(H,21,28)(H,22,23,27). The summed E-state index contributed by atoms with van der Waals surface area (Å²) in [7, 11) is 0. The van der Waals surface area contributed by atoms with E-state index in [1.54, 1.807) is 44.2 Å². The summed E-state index contributed by atoms with van der Waals surface area (Å²) < 4.78 is 7.76. The molecule has 0 saturated carbocycles. The molecule has 0 atom stereocenters. The summed E-state index contributed by atoms with van der Waals surface area (Å²) in [6.07, 6.45) is 0.800. The number of nitrogens with one attached hydrogen (secondary N) is 2. The predicted molar refractivity (Wildman–Crippen MR) is 107 cm³/mol. The van der Waals surface area contributed by atoms with Gasteiger partial charge in [0.15, 0.2) is 5.65 Å². The third kappa shape index (κ3) is 3.57. The molecular formula is C18H16ClN7O3. The minimum Gasteiger partial charge on any atom is -0.450 e. The highest BCUT2D eigenvalue weighted by Gasteiger charge is 2.17. The van der Waals surface area contributed by atoms with E-state index in [-0.39, 0.29) is 18.1 Å². The molecule has 0 spiro atoms. The van der Waals surface area contributed by atoms with Crippen LogP contribution in [-0.2, 0) is 4.74 Å². The Hall–Kier alpha value is -3.66. The molecule has 0 saturated heterocycles. The van der Waals surface area contributed by atoms with Gasteiger partial charge >= 0.3 is 6.09 Å². The number of aromatic amines is 1. The van der Waals surface area contributed by atoms with Crippen LogP contribution in [0.5, 0.6) is 0 Å². The monoisotopic (exact) mass is 413 g/mol. The van der Waals surface area contributed by atoms with Crippen LogP contribution in [0.1, 0.15) is 12.6 Å². The molecular weight excluding hydrogens is 398 g/mol. The molecule has 4 rings (SSSR count). The molecule has 0 aliphatic rings. The van der Waals surface area contributed by atoms with Gasteiger partial charge in [-0.05, 0) is 38.1 Å². The van der Waals surface area contributed by atoms with E-state index in [9.17, 15) is 9.59 Å². The molecule has 3 heterocycles. The van der Waals surface area contributed by atoms with E-state index in [0.29, 0.717) is 33.3 Å². The number of halogens is 1. The van der Waals surface area contributed by atoms with Gasteiger partial charge < -0.3 is 4.74 Å². The number of anilines is 1. The summed E-state index contributed by atoms with van der Waals surface area (Å²) in [5.41, 5.74) is 1.25. The molecule has 0 radical (unpaired) electrons. The van der Waals surface area contributed by atoms with Gasteiger partial charge in [0.25, 0.3) is 5.56 Å². The first-order valence-electron chi connectivity index (χ1n) is 8.71. The Morgan fingerprint density at radius 3 is 2.76 bits per heavy atom. The quantitative estimate of drug-likeness (QED) is 0.530. The number of aryl methyl sites for hydroxylation is 1. The summed E-state index contributed by atoms with van der Waals surface area (Å²) in [6, 6.07) is 8.61. The number of carbonyl (C=O) groups is 1. The minimum absolute atomic E-state index is 0.123. The number of benzene rings is 1. The molecule has 4 aromatic rings. The average Bonchev–Trinajstić information content (AvgIpc) is 3.26. The first kappa shape index (κ1) is 18.7. The first-order valence-corrected chi connectivity index (χ1v) is 9.09. The number of carbonyl (C=O) groups excluding carboxylic acids is 1. The third-order valence-electron chi connectivity index (χ3n) is 4.03. The molecule has 0 fully saturated rings. The van der Waals surface area contributed by atoms with Crippen LogP contribution in [-0.4, -0.2) is 42.2 Å². The molecule has 0 bridgehead atoms. The SMILES string of the molecule is CCOC(=O)Nc1cc(C)nn1-c1nc2c(cnn2-c2ccc(Cl)cc2)c(=O)[nH]1. The molecule has 11 heteroatoms. The van der Waals surface area contributed by atoms with Crippen molar-refractivity contribution in [2.24, 2.45) is 0 Å². The molecule has 0 aliphatic heterocycles. The highest BCUT2D eigenvalue weighted by Crippen LogP contribution is 2.19. The van der Waals surface area contributed by atoms with Crippen molar-refractivity contribution in [3.63, 3.8) is 0 Å². The Morgan fingerprint density at radius 1 is 1.28 bits per heavy atom. The fourth-order valence-electron chi connectivity index (χ4n) is 2.80. The van der Waals surface area contributed by atoms with Gasteiger partial charge in [-0.2, -0.15) is 19.9 Å². The number of ether oxygens (including phenoxy) is 1. The summed E-state index contributed by atoms with van der Waals surface area (Å²) in [4.78, 5) is 31.6. The number of hydrogen-bond donors (Lipinski definition) is 2. The fraction of sp³-hybridized carbons (Fsp3) is 0.167. The highest BCUT2D eigenvalue weighted by molar-refractivity contribution is 6.30. The second-order valence-electron chi connectivity index (χ2n) is 6.09. The van der Waals surface area contributed by atoms with Crippen LogP contribution in [0, 0.1) is 6.92 Å². The van der Waals surface area contributed by atoms with Gasteiger partial charge in [0.1, 0.15) is 11.2 Å². The maximum Gasteiger partial charge on any atom is 0.412 e. The van der Waals surface area contributed by atoms with Gasteiger partial charge in [-0.3, -0.25) is 15.1 Å². The summed E-state index contributed by atoms with van der Waals surface area (Å²) in [5.74, 6) is 0.430. The highest BCUT2D eigenvalue weighted by atomic mass is 35.5. The first-order chi connectivity index (χ1) is 14.0. The second-order valence-corrected chi connectivity index (χ2v) is 6.52. The maximum absolute atomic E-state index is 12.6. The van der Waals surface area contributed by atoms with Crippen LogP contribution in [0.3, 0.4) is 0 Å². The number of hydrogen-bond acceptors (Lipinski definition) is 6. The summed E-state index contributed by atoms with van der Waals surface area (Å²) >= 11 is 5.95. The molecule has 148 valence electrons. The van der Waals surface area contributed by atoms with Gasteiger partial charge in [0.2, 0.25) is 5.95 Å². The molecule has 1 aromatic carbocycles. The van der Waals surface area contributed by atoms with Crippen molar-refractivity contribution < 1.29 is 9.53 Å². The smallest absolute Gasteiger partial charge is 0.412 e. The number of amides is 1. The van der Waals surface area contributed by atoms with E-state index in [4.69, 9.17) is 16.3 Å². The predicted octanol–water partition coefficient (Wildman–Crippen LogP) is 2.82.